The fraction of sp³-hybridized carbons (Fsp3) is 0.500. The number of hydrogen-bond acceptors (Lipinski definition) is 3. The molecular weight excluding hydrogens is 262 g/mol. The zero-order valence-corrected chi connectivity index (χ0v) is 11.8. The van der Waals surface area contributed by atoms with E-state index in [-0.39, 0.29) is 5.91 Å². The van der Waals surface area contributed by atoms with Gasteiger partial charge in [0.05, 0.1) is 0 Å². The van der Waals surface area contributed by atoms with E-state index in [0.29, 0.717) is 11.6 Å². The largest absolute Gasteiger partial charge is 0.317 e. The minimum atomic E-state index is -0.425. The zero-order chi connectivity index (χ0) is 13.5. The molecule has 3 rings (SSSR count). The summed E-state index contributed by atoms with van der Waals surface area (Å²) in [6.45, 7) is 2.44. The van der Waals surface area contributed by atoms with E-state index < -0.39 is 5.54 Å². The van der Waals surface area contributed by atoms with Crippen LogP contribution in [0.3, 0.4) is 0 Å². The van der Waals surface area contributed by atoms with Gasteiger partial charge in [-0.2, -0.15) is 0 Å². The van der Waals surface area contributed by atoms with Crippen molar-refractivity contribution < 1.29 is 4.79 Å². The van der Waals surface area contributed by atoms with Crippen molar-refractivity contribution in [3.05, 3.63) is 28.8 Å². The van der Waals surface area contributed by atoms with E-state index >= 15 is 0 Å². The van der Waals surface area contributed by atoms with Crippen LogP contribution in [-0.2, 0) is 11.3 Å². The Morgan fingerprint density at radius 1 is 1.32 bits per heavy atom. The highest BCUT2D eigenvalue weighted by atomic mass is 35.5. The molecule has 2 aliphatic heterocycles. The van der Waals surface area contributed by atoms with Gasteiger partial charge in [-0.25, -0.2) is 0 Å². The molecule has 0 radical (unpaired) electrons. The minimum Gasteiger partial charge on any atom is -0.317 e. The van der Waals surface area contributed by atoms with E-state index in [9.17, 15) is 4.79 Å². The van der Waals surface area contributed by atoms with Crippen molar-refractivity contribution in [2.24, 2.45) is 0 Å². The van der Waals surface area contributed by atoms with Crippen molar-refractivity contribution >= 4 is 23.2 Å². The van der Waals surface area contributed by atoms with E-state index in [1.54, 1.807) is 4.90 Å². The number of fused-ring (bicyclic) bond motifs is 1. The number of nitrogens with one attached hydrogen (secondary N) is 2. The lowest BCUT2D eigenvalue weighted by Crippen LogP contribution is -2.60. The molecule has 19 heavy (non-hydrogen) atoms. The Morgan fingerprint density at radius 3 is 2.79 bits per heavy atom. The number of hydrogen-bond donors (Lipinski definition) is 2. The zero-order valence-electron chi connectivity index (χ0n) is 11.0. The van der Waals surface area contributed by atoms with Gasteiger partial charge in [-0.15, -0.1) is 0 Å². The summed E-state index contributed by atoms with van der Waals surface area (Å²) in [5, 5.41) is 7.49. The maximum Gasteiger partial charge on any atom is 0.247 e. The van der Waals surface area contributed by atoms with Crippen molar-refractivity contribution in [2.75, 3.05) is 25.0 Å². The number of carbonyl (C=O) groups is 1. The molecule has 2 heterocycles. The third-order valence-electron chi connectivity index (χ3n) is 4.19. The first kappa shape index (κ1) is 12.9. The van der Waals surface area contributed by atoms with Crippen LogP contribution >= 0.6 is 11.6 Å². The monoisotopic (exact) mass is 279 g/mol. The number of halogens is 1. The predicted molar refractivity (Wildman–Crippen MR) is 76.5 cm³/mol. The summed E-state index contributed by atoms with van der Waals surface area (Å²) in [4.78, 5) is 14.5. The van der Waals surface area contributed by atoms with Crippen LogP contribution in [0.15, 0.2) is 18.2 Å². The summed E-state index contributed by atoms with van der Waals surface area (Å²) in [5.41, 5.74) is 1.61. The van der Waals surface area contributed by atoms with Gasteiger partial charge < -0.3 is 10.2 Å². The average molecular weight is 280 g/mol. The molecule has 1 amide bonds. The topological polar surface area (TPSA) is 44.4 Å². The fourth-order valence-electron chi connectivity index (χ4n) is 3.04. The van der Waals surface area contributed by atoms with E-state index in [0.717, 1.165) is 37.2 Å². The van der Waals surface area contributed by atoms with Crippen LogP contribution in [0.5, 0.6) is 0 Å². The molecule has 1 aromatic carbocycles. The molecule has 0 saturated carbocycles. The lowest BCUT2D eigenvalue weighted by molar-refractivity contribution is -0.125. The second-order valence-electron chi connectivity index (χ2n) is 5.32. The van der Waals surface area contributed by atoms with Gasteiger partial charge in [0.1, 0.15) is 5.54 Å². The number of nitrogens with zero attached hydrogens (tertiary/aromatic N) is 1. The SMILES string of the molecule is CN1C(=O)C2(CCNCC2)NCc2cc(Cl)ccc21. The lowest BCUT2D eigenvalue weighted by Gasteiger charge is -2.37. The van der Waals surface area contributed by atoms with Gasteiger partial charge in [-0.1, -0.05) is 11.6 Å². The van der Waals surface area contributed by atoms with Crippen LogP contribution < -0.4 is 15.5 Å². The molecule has 2 aliphatic rings. The number of anilines is 1. The molecule has 1 spiro atoms. The van der Waals surface area contributed by atoms with Crippen molar-refractivity contribution in [1.82, 2.24) is 10.6 Å². The first-order valence-electron chi connectivity index (χ1n) is 6.65. The highest BCUT2D eigenvalue weighted by molar-refractivity contribution is 6.30. The first-order valence-corrected chi connectivity index (χ1v) is 7.02. The van der Waals surface area contributed by atoms with Gasteiger partial charge in [0.15, 0.2) is 0 Å². The Morgan fingerprint density at radius 2 is 2.05 bits per heavy atom. The van der Waals surface area contributed by atoms with Crippen molar-refractivity contribution in [3.8, 4) is 0 Å². The quantitative estimate of drug-likeness (QED) is 0.757. The molecule has 0 aromatic heterocycles. The van der Waals surface area contributed by atoms with Crippen molar-refractivity contribution in [2.45, 2.75) is 24.9 Å². The Bertz CT molecular complexity index is 511. The number of benzene rings is 1. The minimum absolute atomic E-state index is 0.162. The molecule has 4 nitrogen and oxygen atoms in total. The Balaban J connectivity index is 2.00. The third-order valence-corrected chi connectivity index (χ3v) is 4.43. The van der Waals surface area contributed by atoms with Gasteiger partial charge in [0, 0.05) is 24.3 Å². The van der Waals surface area contributed by atoms with Crippen LogP contribution in [-0.4, -0.2) is 31.6 Å². The first-order chi connectivity index (χ1) is 9.12. The Labute approximate surface area is 118 Å². The maximum atomic E-state index is 12.8. The van der Waals surface area contributed by atoms with Crippen LogP contribution in [0.1, 0.15) is 18.4 Å². The highest BCUT2D eigenvalue weighted by Crippen LogP contribution is 2.32. The number of rotatable bonds is 0. The lowest BCUT2D eigenvalue weighted by atomic mass is 9.87. The van der Waals surface area contributed by atoms with Gasteiger partial charge >= 0.3 is 0 Å². The molecule has 1 saturated heterocycles. The molecule has 0 bridgehead atoms. The molecule has 1 aromatic rings. The number of likely N-dealkylation sites (N-methyl/N-ethyl adjacent to an activating group) is 1. The van der Waals surface area contributed by atoms with Crippen molar-refractivity contribution in [1.29, 1.82) is 0 Å². The molecule has 0 aliphatic carbocycles. The molecule has 2 N–H and O–H groups in total. The molecular formula is C14H18ClN3O. The van der Waals surface area contributed by atoms with Gasteiger partial charge in [0.25, 0.3) is 0 Å². The van der Waals surface area contributed by atoms with E-state index in [1.165, 1.54) is 0 Å². The van der Waals surface area contributed by atoms with Gasteiger partial charge in [-0.3, -0.25) is 10.1 Å². The molecule has 0 atom stereocenters. The summed E-state index contributed by atoms with van der Waals surface area (Å²) in [6.07, 6.45) is 1.66. The molecule has 0 unspecified atom stereocenters. The number of carbonyl (C=O) groups excluding carboxylic acids is 1. The van der Waals surface area contributed by atoms with Gasteiger partial charge in [-0.05, 0) is 49.7 Å². The third kappa shape index (κ3) is 2.14. The standard InChI is InChI=1S/C14H18ClN3O/c1-18-12-3-2-11(15)8-10(12)9-17-14(13(18)19)4-6-16-7-5-14/h2-3,8,16-17H,4-7,9H2,1H3. The van der Waals surface area contributed by atoms with Crippen LogP contribution in [0.25, 0.3) is 0 Å². The smallest absolute Gasteiger partial charge is 0.247 e. The molecule has 1 fully saturated rings. The van der Waals surface area contributed by atoms with E-state index in [4.69, 9.17) is 11.6 Å². The molecule has 102 valence electrons. The molecule has 5 heteroatoms. The van der Waals surface area contributed by atoms with E-state index in [1.807, 2.05) is 25.2 Å². The maximum absolute atomic E-state index is 12.8. The van der Waals surface area contributed by atoms with Crippen LogP contribution in [0, 0.1) is 0 Å². The number of amides is 1. The summed E-state index contributed by atoms with van der Waals surface area (Å²) in [5.74, 6) is 0.162. The summed E-state index contributed by atoms with van der Waals surface area (Å²) in [7, 11) is 1.85. The second-order valence-corrected chi connectivity index (χ2v) is 5.76. The highest BCUT2D eigenvalue weighted by Gasteiger charge is 2.43. The van der Waals surface area contributed by atoms with E-state index in [2.05, 4.69) is 10.6 Å². The van der Waals surface area contributed by atoms with Gasteiger partial charge in [0.2, 0.25) is 5.91 Å². The fourth-order valence-corrected chi connectivity index (χ4v) is 3.23. The van der Waals surface area contributed by atoms with Crippen LogP contribution in [0.2, 0.25) is 5.02 Å². The summed E-state index contributed by atoms with van der Waals surface area (Å²) < 4.78 is 0. The number of piperidine rings is 1. The summed E-state index contributed by atoms with van der Waals surface area (Å²) >= 11 is 6.05. The Kier molecular flexibility index (Phi) is 3.25. The predicted octanol–water partition coefficient (Wildman–Crippen LogP) is 1.53. The van der Waals surface area contributed by atoms with Crippen LogP contribution in [0.4, 0.5) is 5.69 Å². The van der Waals surface area contributed by atoms with Crippen molar-refractivity contribution in [3.63, 3.8) is 0 Å². The second kappa shape index (κ2) is 4.78. The average Bonchev–Trinajstić information content (AvgIpc) is 2.52. The summed E-state index contributed by atoms with van der Waals surface area (Å²) in [6, 6.07) is 5.70. The Hall–Kier alpha value is -1.10. The normalized spacial score (nSPS) is 22.2.